The van der Waals surface area contributed by atoms with Gasteiger partial charge < -0.3 is 5.11 Å². The fourth-order valence-corrected chi connectivity index (χ4v) is 0. The molecule has 1 radical (unpaired) electrons. The minimum absolute atomic E-state index is 0. The van der Waals surface area contributed by atoms with E-state index >= 15 is 0 Å². The Morgan fingerprint density at radius 2 is 1.75 bits per heavy atom. The Balaban J connectivity index is 0. The van der Waals surface area contributed by atoms with E-state index in [9.17, 15) is 0 Å². The number of carboxylic acid groups (broad SMARTS) is 1. The van der Waals surface area contributed by atoms with Gasteiger partial charge in [0.2, 0.25) is 0 Å². The predicted octanol–water partition coefficient (Wildman–Crippen LogP) is -0.680. The van der Waals surface area contributed by atoms with Crippen LogP contribution >= 0.6 is 0 Å². The second-order valence-corrected chi connectivity index (χ2v) is 0.105. The van der Waals surface area contributed by atoms with Crippen molar-refractivity contribution in [3.63, 3.8) is 0 Å². The molecule has 0 aromatic carbocycles. The smallest absolute Gasteiger partial charge is 0.290 e. The molecule has 0 fully saturated rings. The average Bonchev–Trinajstić information content (AvgIpc) is 0.918. The molecule has 0 aliphatic rings. The summed E-state index contributed by atoms with van der Waals surface area (Å²) in [5.41, 5.74) is 0. The first-order chi connectivity index (χ1) is 1.41. The zero-order valence-corrected chi connectivity index (χ0v) is 4.43. The first-order valence-corrected chi connectivity index (χ1v) is 0.494. The third kappa shape index (κ3) is 24.2. The molecule has 0 aliphatic carbocycles. The minimum Gasteiger partial charge on any atom is -0.483 e. The van der Waals surface area contributed by atoms with Gasteiger partial charge in [-0.2, -0.15) is 0 Å². The summed E-state index contributed by atoms with van der Waals surface area (Å²) in [4.78, 5) is 8.36. The third-order valence-electron chi connectivity index (χ3n) is 0. The zero-order valence-electron chi connectivity index (χ0n) is 2.43. The summed E-state index contributed by atoms with van der Waals surface area (Å²) in [5, 5.41) is 6.89. The molecular formula is CH2NaO2. The van der Waals surface area contributed by atoms with Gasteiger partial charge in [0.1, 0.15) is 0 Å². The van der Waals surface area contributed by atoms with Crippen LogP contribution in [0.5, 0.6) is 0 Å². The van der Waals surface area contributed by atoms with E-state index in [1.807, 2.05) is 0 Å². The van der Waals surface area contributed by atoms with Crippen molar-refractivity contribution in [1.29, 1.82) is 0 Å². The van der Waals surface area contributed by atoms with Gasteiger partial charge in [0.15, 0.2) is 0 Å². The molecule has 0 saturated carbocycles. The van der Waals surface area contributed by atoms with Crippen LogP contribution in [-0.2, 0) is 4.79 Å². The van der Waals surface area contributed by atoms with Gasteiger partial charge in [0.25, 0.3) is 6.47 Å². The number of hydrogen-bond acceptors (Lipinski definition) is 1. The number of carbonyl (C=O) groups is 1. The molecule has 0 aliphatic heterocycles. The average molecular weight is 69.0 g/mol. The molecule has 4 heavy (non-hydrogen) atoms. The molecule has 0 aromatic heterocycles. The summed E-state index contributed by atoms with van der Waals surface area (Å²) in [6.07, 6.45) is 0. The Morgan fingerprint density at radius 3 is 1.75 bits per heavy atom. The van der Waals surface area contributed by atoms with E-state index in [2.05, 4.69) is 0 Å². The van der Waals surface area contributed by atoms with Crippen LogP contribution < -0.4 is 0 Å². The summed E-state index contributed by atoms with van der Waals surface area (Å²) in [6.45, 7) is -0.250. The Morgan fingerprint density at radius 1 is 1.75 bits per heavy atom. The van der Waals surface area contributed by atoms with Gasteiger partial charge in [0, 0.05) is 29.6 Å². The summed E-state index contributed by atoms with van der Waals surface area (Å²) in [5.74, 6) is 0. The Bertz CT molecular complexity index is 13.5. The maximum absolute atomic E-state index is 8.36. The largest absolute Gasteiger partial charge is 0.483 e. The van der Waals surface area contributed by atoms with Crippen molar-refractivity contribution in [2.75, 3.05) is 0 Å². The Kier molecular flexibility index (Phi) is 21.6. The molecule has 1 N–H and O–H groups in total. The summed E-state index contributed by atoms with van der Waals surface area (Å²) >= 11 is 0. The van der Waals surface area contributed by atoms with Crippen molar-refractivity contribution in [1.82, 2.24) is 0 Å². The second-order valence-electron chi connectivity index (χ2n) is 0.105. The molecule has 0 rings (SSSR count). The van der Waals surface area contributed by atoms with E-state index in [0.717, 1.165) is 0 Å². The molecule has 0 heterocycles. The van der Waals surface area contributed by atoms with Crippen molar-refractivity contribution in [2.45, 2.75) is 0 Å². The van der Waals surface area contributed by atoms with Crippen LogP contribution in [0.3, 0.4) is 0 Å². The van der Waals surface area contributed by atoms with Gasteiger partial charge in [-0.1, -0.05) is 0 Å². The zero-order chi connectivity index (χ0) is 2.71. The van der Waals surface area contributed by atoms with Gasteiger partial charge in [-0.05, 0) is 0 Å². The van der Waals surface area contributed by atoms with Gasteiger partial charge in [-0.15, -0.1) is 0 Å². The van der Waals surface area contributed by atoms with Gasteiger partial charge in [0.05, 0.1) is 0 Å². The quantitative estimate of drug-likeness (QED) is 0.302. The predicted molar refractivity (Wildman–Crippen MR) is 14.4 cm³/mol. The second kappa shape index (κ2) is 9.80. The summed E-state index contributed by atoms with van der Waals surface area (Å²) < 4.78 is 0. The summed E-state index contributed by atoms with van der Waals surface area (Å²) in [7, 11) is 0. The van der Waals surface area contributed by atoms with Crippen LogP contribution in [0.2, 0.25) is 0 Å². The first kappa shape index (κ1) is 8.82. The normalized spacial score (nSPS) is 3.00. The molecule has 0 atom stereocenters. The first-order valence-electron chi connectivity index (χ1n) is 0.494. The fourth-order valence-electron chi connectivity index (χ4n) is 0. The van der Waals surface area contributed by atoms with Crippen LogP contribution in [-0.4, -0.2) is 41.1 Å². The van der Waals surface area contributed by atoms with E-state index < -0.39 is 0 Å². The maximum Gasteiger partial charge on any atom is 0.290 e. The molecule has 3 heteroatoms. The van der Waals surface area contributed by atoms with Crippen LogP contribution in [0.4, 0.5) is 0 Å². The van der Waals surface area contributed by atoms with Gasteiger partial charge >= 0.3 is 0 Å². The van der Waals surface area contributed by atoms with Crippen LogP contribution in [0, 0.1) is 0 Å². The van der Waals surface area contributed by atoms with Crippen LogP contribution in [0.25, 0.3) is 0 Å². The van der Waals surface area contributed by atoms with E-state index in [4.69, 9.17) is 9.90 Å². The molecule has 0 bridgehead atoms. The topological polar surface area (TPSA) is 37.3 Å². The van der Waals surface area contributed by atoms with Crippen LogP contribution in [0.15, 0.2) is 0 Å². The molecule has 0 amide bonds. The van der Waals surface area contributed by atoms with Crippen molar-refractivity contribution in [2.24, 2.45) is 0 Å². The van der Waals surface area contributed by atoms with Crippen molar-refractivity contribution in [3.8, 4) is 0 Å². The molecule has 19 valence electrons. The molecule has 0 spiro atoms. The van der Waals surface area contributed by atoms with E-state index in [-0.39, 0.29) is 36.0 Å². The number of hydrogen-bond donors (Lipinski definition) is 1. The van der Waals surface area contributed by atoms with Crippen molar-refractivity contribution < 1.29 is 9.90 Å². The maximum atomic E-state index is 8.36. The van der Waals surface area contributed by atoms with E-state index in [1.54, 1.807) is 0 Å². The van der Waals surface area contributed by atoms with E-state index in [1.165, 1.54) is 0 Å². The monoisotopic (exact) mass is 69.0 g/mol. The van der Waals surface area contributed by atoms with Crippen LogP contribution in [0.1, 0.15) is 0 Å². The summed E-state index contributed by atoms with van der Waals surface area (Å²) in [6, 6.07) is 0. The van der Waals surface area contributed by atoms with E-state index in [0.29, 0.717) is 0 Å². The van der Waals surface area contributed by atoms with Gasteiger partial charge in [-0.25, -0.2) is 0 Å². The minimum atomic E-state index is -0.250. The SMILES string of the molecule is O=CO.[Na]. The molecule has 0 saturated heterocycles. The fraction of sp³-hybridized carbons (Fsp3) is 0. The molecular weight excluding hydrogens is 67.0 g/mol. The molecule has 0 aromatic rings. The number of rotatable bonds is 0. The molecule has 0 unspecified atom stereocenters. The Hall–Kier alpha value is 0.470. The Labute approximate surface area is 46.1 Å². The standard InChI is InChI=1S/CH2O2.Na/c2-1-3;/h1H,(H,2,3);. The van der Waals surface area contributed by atoms with Gasteiger partial charge in [-0.3, -0.25) is 4.79 Å². The molecule has 2 nitrogen and oxygen atoms in total. The van der Waals surface area contributed by atoms with Crippen molar-refractivity contribution in [3.05, 3.63) is 0 Å². The van der Waals surface area contributed by atoms with Crippen molar-refractivity contribution >= 4 is 36.0 Å². The third-order valence-corrected chi connectivity index (χ3v) is 0.